The normalized spacial score (nSPS) is 12.2. The van der Waals surface area contributed by atoms with E-state index in [1.54, 1.807) is 0 Å². The van der Waals surface area contributed by atoms with Crippen molar-refractivity contribution in [3.8, 4) is 6.01 Å². The minimum absolute atomic E-state index is 0.156. The number of carbonyl (C=O) groups excluding carboxylic acids is 1. The molecule has 1 heterocycles. The van der Waals surface area contributed by atoms with Crippen molar-refractivity contribution in [1.29, 1.82) is 0 Å². The standard InChI is InChI=1S/C8H13BrN4O2/c1-3-5(9)6(14)10-7-11-8(13-12-7)15-4-2/h5H,3-4H2,1-2H3,(H2,10,11,12,13,14). The van der Waals surface area contributed by atoms with Gasteiger partial charge in [-0.3, -0.25) is 10.1 Å². The molecule has 0 aliphatic rings. The zero-order valence-corrected chi connectivity index (χ0v) is 10.2. The van der Waals surface area contributed by atoms with Gasteiger partial charge in [-0.2, -0.15) is 4.98 Å². The summed E-state index contributed by atoms with van der Waals surface area (Å²) >= 11 is 3.23. The Morgan fingerprint density at radius 1 is 1.67 bits per heavy atom. The molecule has 6 nitrogen and oxygen atoms in total. The van der Waals surface area contributed by atoms with Gasteiger partial charge in [-0.1, -0.05) is 22.9 Å². The summed E-state index contributed by atoms with van der Waals surface area (Å²) in [6.07, 6.45) is 0.707. The van der Waals surface area contributed by atoms with Gasteiger partial charge in [0.1, 0.15) is 0 Å². The Kier molecular flexibility index (Phi) is 4.54. The number of nitrogens with zero attached hydrogens (tertiary/aromatic N) is 2. The number of amides is 1. The fraction of sp³-hybridized carbons (Fsp3) is 0.625. The molecule has 0 saturated heterocycles. The molecule has 0 aliphatic carbocycles. The number of hydrogen-bond acceptors (Lipinski definition) is 4. The van der Waals surface area contributed by atoms with E-state index in [2.05, 4.69) is 36.4 Å². The number of rotatable bonds is 5. The van der Waals surface area contributed by atoms with Crippen molar-refractivity contribution in [2.24, 2.45) is 0 Å². The van der Waals surface area contributed by atoms with Crippen LogP contribution in [0, 0.1) is 0 Å². The summed E-state index contributed by atoms with van der Waals surface area (Å²) in [5.74, 6) is 0.137. The van der Waals surface area contributed by atoms with Gasteiger partial charge in [0.05, 0.1) is 11.4 Å². The van der Waals surface area contributed by atoms with E-state index in [-0.39, 0.29) is 16.7 Å². The molecule has 7 heteroatoms. The molecule has 0 fully saturated rings. The SMILES string of the molecule is CCOc1n[nH]c(NC(=O)C(Br)CC)n1. The molecule has 1 aromatic heterocycles. The average molecular weight is 277 g/mol. The largest absolute Gasteiger partial charge is 0.463 e. The van der Waals surface area contributed by atoms with Crippen LogP contribution in [0.4, 0.5) is 5.95 Å². The molecule has 0 spiro atoms. The zero-order chi connectivity index (χ0) is 11.3. The van der Waals surface area contributed by atoms with Crippen LogP contribution in [0.5, 0.6) is 6.01 Å². The smallest absolute Gasteiger partial charge is 0.337 e. The Morgan fingerprint density at radius 3 is 3.00 bits per heavy atom. The van der Waals surface area contributed by atoms with E-state index in [0.29, 0.717) is 19.0 Å². The number of hydrogen-bond donors (Lipinski definition) is 2. The molecule has 1 rings (SSSR count). The molecule has 0 aromatic carbocycles. The van der Waals surface area contributed by atoms with E-state index in [1.165, 1.54) is 0 Å². The number of ether oxygens (including phenoxy) is 1. The monoisotopic (exact) mass is 276 g/mol. The minimum atomic E-state index is -0.224. The van der Waals surface area contributed by atoms with Crippen LogP contribution in [0.2, 0.25) is 0 Å². The number of anilines is 1. The molecule has 0 saturated carbocycles. The molecule has 84 valence electrons. The lowest BCUT2D eigenvalue weighted by Gasteiger charge is -2.04. The number of halogens is 1. The lowest BCUT2D eigenvalue weighted by atomic mass is 10.3. The highest BCUT2D eigenvalue weighted by Gasteiger charge is 2.14. The van der Waals surface area contributed by atoms with Crippen LogP contribution in [0.3, 0.4) is 0 Å². The predicted molar refractivity (Wildman–Crippen MR) is 59.2 cm³/mol. The van der Waals surface area contributed by atoms with Crippen molar-refractivity contribution in [2.75, 3.05) is 11.9 Å². The number of aromatic nitrogens is 3. The van der Waals surface area contributed by atoms with Crippen LogP contribution >= 0.6 is 15.9 Å². The van der Waals surface area contributed by atoms with E-state index in [0.717, 1.165) is 0 Å². The van der Waals surface area contributed by atoms with Gasteiger partial charge in [-0.05, 0) is 13.3 Å². The lowest BCUT2D eigenvalue weighted by molar-refractivity contribution is -0.115. The first-order valence-corrected chi connectivity index (χ1v) is 5.59. The van der Waals surface area contributed by atoms with Crippen LogP contribution < -0.4 is 10.1 Å². The maximum Gasteiger partial charge on any atom is 0.337 e. The third-order valence-corrected chi connectivity index (χ3v) is 2.69. The third kappa shape index (κ3) is 3.50. The van der Waals surface area contributed by atoms with Gasteiger partial charge in [0.25, 0.3) is 0 Å². The number of carbonyl (C=O) groups is 1. The zero-order valence-electron chi connectivity index (χ0n) is 8.58. The quantitative estimate of drug-likeness (QED) is 0.795. The fourth-order valence-electron chi connectivity index (χ4n) is 0.876. The average Bonchev–Trinajstić information content (AvgIpc) is 2.65. The second kappa shape index (κ2) is 5.69. The Labute approximate surface area is 95.9 Å². The van der Waals surface area contributed by atoms with E-state index in [4.69, 9.17) is 4.74 Å². The maximum absolute atomic E-state index is 11.4. The van der Waals surface area contributed by atoms with Gasteiger partial charge >= 0.3 is 6.01 Å². The molecule has 1 unspecified atom stereocenters. The van der Waals surface area contributed by atoms with Gasteiger partial charge in [0.2, 0.25) is 11.9 Å². The van der Waals surface area contributed by atoms with Gasteiger partial charge in [0, 0.05) is 0 Å². The molecular formula is C8H13BrN4O2. The van der Waals surface area contributed by atoms with Crippen molar-refractivity contribution in [3.05, 3.63) is 0 Å². The van der Waals surface area contributed by atoms with E-state index in [9.17, 15) is 4.79 Å². The highest BCUT2D eigenvalue weighted by molar-refractivity contribution is 9.10. The first kappa shape index (κ1) is 12.0. The summed E-state index contributed by atoms with van der Waals surface area (Å²) < 4.78 is 5.04. The summed E-state index contributed by atoms with van der Waals surface area (Å²) in [6.45, 7) is 4.23. The molecule has 15 heavy (non-hydrogen) atoms. The first-order valence-electron chi connectivity index (χ1n) is 4.67. The van der Waals surface area contributed by atoms with E-state index >= 15 is 0 Å². The van der Waals surface area contributed by atoms with Crippen LogP contribution in [0.15, 0.2) is 0 Å². The van der Waals surface area contributed by atoms with Gasteiger partial charge in [-0.15, -0.1) is 5.10 Å². The Balaban J connectivity index is 2.53. The van der Waals surface area contributed by atoms with Gasteiger partial charge in [-0.25, -0.2) is 5.10 Å². The molecule has 2 N–H and O–H groups in total. The fourth-order valence-corrected chi connectivity index (χ4v) is 0.991. The number of H-pyrrole nitrogens is 1. The first-order chi connectivity index (χ1) is 7.17. The van der Waals surface area contributed by atoms with Crippen LogP contribution in [0.1, 0.15) is 20.3 Å². The van der Waals surface area contributed by atoms with Crippen molar-refractivity contribution in [2.45, 2.75) is 25.1 Å². The lowest BCUT2D eigenvalue weighted by Crippen LogP contribution is -2.22. The number of alkyl halides is 1. The highest BCUT2D eigenvalue weighted by atomic mass is 79.9. The minimum Gasteiger partial charge on any atom is -0.463 e. The second-order valence-electron chi connectivity index (χ2n) is 2.76. The Morgan fingerprint density at radius 2 is 2.40 bits per heavy atom. The summed E-state index contributed by atoms with van der Waals surface area (Å²) in [6, 6.07) is 0.232. The van der Waals surface area contributed by atoms with Gasteiger partial charge < -0.3 is 4.74 Å². The van der Waals surface area contributed by atoms with Crippen molar-refractivity contribution in [1.82, 2.24) is 15.2 Å². The maximum atomic E-state index is 11.4. The molecule has 1 amide bonds. The summed E-state index contributed by atoms with van der Waals surface area (Å²) in [4.78, 5) is 15.1. The predicted octanol–water partition coefficient (Wildman–Crippen LogP) is 1.32. The van der Waals surface area contributed by atoms with Gasteiger partial charge in [0.15, 0.2) is 0 Å². The molecular weight excluding hydrogens is 264 g/mol. The molecule has 1 atom stereocenters. The molecule has 0 radical (unpaired) electrons. The number of nitrogens with one attached hydrogen (secondary N) is 2. The summed E-state index contributed by atoms with van der Waals surface area (Å²) in [7, 11) is 0. The summed E-state index contributed by atoms with van der Waals surface area (Å²) in [5.41, 5.74) is 0. The number of aromatic amines is 1. The molecule has 0 aliphatic heterocycles. The Hall–Kier alpha value is -1.11. The second-order valence-corrected chi connectivity index (χ2v) is 3.87. The third-order valence-electron chi connectivity index (χ3n) is 1.62. The van der Waals surface area contributed by atoms with Crippen molar-refractivity contribution < 1.29 is 9.53 Å². The van der Waals surface area contributed by atoms with E-state index in [1.807, 2.05) is 13.8 Å². The van der Waals surface area contributed by atoms with Crippen LogP contribution in [-0.4, -0.2) is 32.5 Å². The Bertz CT molecular complexity index is 328. The molecule has 0 bridgehead atoms. The topological polar surface area (TPSA) is 79.9 Å². The summed E-state index contributed by atoms with van der Waals surface area (Å²) in [5, 5.41) is 8.89. The highest BCUT2D eigenvalue weighted by Crippen LogP contribution is 2.09. The van der Waals surface area contributed by atoms with Crippen LogP contribution in [0.25, 0.3) is 0 Å². The van der Waals surface area contributed by atoms with Crippen LogP contribution in [-0.2, 0) is 4.79 Å². The van der Waals surface area contributed by atoms with Crippen molar-refractivity contribution >= 4 is 27.8 Å². The van der Waals surface area contributed by atoms with E-state index < -0.39 is 0 Å². The molecule has 1 aromatic rings. The van der Waals surface area contributed by atoms with Crippen molar-refractivity contribution in [3.63, 3.8) is 0 Å².